The van der Waals surface area contributed by atoms with Crippen LogP contribution < -0.4 is 5.73 Å². The first-order valence-corrected chi connectivity index (χ1v) is 6.63. The zero-order chi connectivity index (χ0) is 12.8. The number of amides is 1. The Hall–Kier alpha value is -1.75. The molecule has 1 aromatic carbocycles. The third-order valence-electron chi connectivity index (χ3n) is 3.38. The highest BCUT2D eigenvalue weighted by atomic mass is 16.1. The highest BCUT2D eigenvalue weighted by molar-refractivity contribution is 5.92. The number of primary amides is 1. The van der Waals surface area contributed by atoms with E-state index >= 15 is 0 Å². The molecule has 0 bridgehead atoms. The molecule has 1 unspecified atom stereocenters. The molecule has 1 aromatic rings. The number of carbonyl (C=O) groups excluding carboxylic acids is 1. The fourth-order valence-electron chi connectivity index (χ4n) is 2.31. The quantitative estimate of drug-likeness (QED) is 0.812. The zero-order valence-corrected chi connectivity index (χ0v) is 10.6. The Morgan fingerprint density at radius 1 is 1.22 bits per heavy atom. The van der Waals surface area contributed by atoms with Crippen molar-refractivity contribution < 1.29 is 4.79 Å². The van der Waals surface area contributed by atoms with Gasteiger partial charge in [-0.15, -0.1) is 5.92 Å². The molecule has 2 N–H and O–H groups in total. The zero-order valence-electron chi connectivity index (χ0n) is 10.6. The van der Waals surface area contributed by atoms with Crippen LogP contribution in [-0.2, 0) is 6.42 Å². The molecule has 1 aliphatic rings. The van der Waals surface area contributed by atoms with E-state index in [0.29, 0.717) is 11.5 Å². The smallest absolute Gasteiger partial charge is 0.248 e. The molecule has 1 atom stereocenters. The molecule has 2 nitrogen and oxygen atoms in total. The molecular formula is C16H19NO. The van der Waals surface area contributed by atoms with E-state index in [9.17, 15) is 4.79 Å². The van der Waals surface area contributed by atoms with Crippen molar-refractivity contribution in [1.29, 1.82) is 0 Å². The second-order valence-electron chi connectivity index (χ2n) is 4.88. The minimum Gasteiger partial charge on any atom is -0.366 e. The third kappa shape index (κ3) is 3.63. The van der Waals surface area contributed by atoms with Gasteiger partial charge >= 0.3 is 0 Å². The van der Waals surface area contributed by atoms with Crippen LogP contribution in [0.25, 0.3) is 0 Å². The highest BCUT2D eigenvalue weighted by Gasteiger charge is 2.08. The molecule has 0 heterocycles. The second-order valence-corrected chi connectivity index (χ2v) is 4.88. The Labute approximate surface area is 109 Å². The molecule has 0 saturated carbocycles. The van der Waals surface area contributed by atoms with E-state index < -0.39 is 0 Å². The molecule has 1 amide bonds. The maximum atomic E-state index is 11.0. The van der Waals surface area contributed by atoms with Crippen LogP contribution in [0, 0.1) is 17.8 Å². The maximum Gasteiger partial charge on any atom is 0.248 e. The lowest BCUT2D eigenvalue weighted by atomic mass is 9.92. The van der Waals surface area contributed by atoms with Gasteiger partial charge in [-0.3, -0.25) is 4.79 Å². The molecule has 2 rings (SSSR count). The van der Waals surface area contributed by atoms with Crippen LogP contribution in [0.5, 0.6) is 0 Å². The SMILES string of the molecule is NC(=O)c1ccc(CC2C#CCCCCC2)cc1. The van der Waals surface area contributed by atoms with Gasteiger partial charge in [-0.05, 0) is 37.0 Å². The largest absolute Gasteiger partial charge is 0.366 e. The Bertz CT molecular complexity index is 464. The summed E-state index contributed by atoms with van der Waals surface area (Å²) in [6.45, 7) is 0. The maximum absolute atomic E-state index is 11.0. The van der Waals surface area contributed by atoms with Crippen molar-refractivity contribution in [1.82, 2.24) is 0 Å². The van der Waals surface area contributed by atoms with Gasteiger partial charge in [0.25, 0.3) is 0 Å². The molecule has 0 saturated heterocycles. The molecule has 0 aromatic heterocycles. The first-order valence-electron chi connectivity index (χ1n) is 6.63. The first kappa shape index (κ1) is 12.7. The molecule has 1 aliphatic carbocycles. The summed E-state index contributed by atoms with van der Waals surface area (Å²) in [5.41, 5.74) is 7.03. The molecule has 0 aliphatic heterocycles. The average molecular weight is 241 g/mol. The van der Waals surface area contributed by atoms with Crippen molar-refractivity contribution in [3.05, 3.63) is 35.4 Å². The molecule has 2 heteroatoms. The van der Waals surface area contributed by atoms with E-state index in [-0.39, 0.29) is 5.91 Å². The average Bonchev–Trinajstić information content (AvgIpc) is 2.33. The van der Waals surface area contributed by atoms with Gasteiger partial charge in [0.1, 0.15) is 0 Å². The molecule has 94 valence electrons. The lowest BCUT2D eigenvalue weighted by Crippen LogP contribution is -2.11. The molecule has 0 fully saturated rings. The van der Waals surface area contributed by atoms with Crippen molar-refractivity contribution in [2.24, 2.45) is 11.7 Å². The van der Waals surface area contributed by atoms with Crippen LogP contribution in [0.4, 0.5) is 0 Å². The Balaban J connectivity index is 2.01. The van der Waals surface area contributed by atoms with E-state index in [1.54, 1.807) is 12.1 Å². The fourth-order valence-corrected chi connectivity index (χ4v) is 2.31. The van der Waals surface area contributed by atoms with Crippen molar-refractivity contribution in [3.8, 4) is 11.8 Å². The Morgan fingerprint density at radius 3 is 2.72 bits per heavy atom. The van der Waals surface area contributed by atoms with Gasteiger partial charge in [0.15, 0.2) is 0 Å². The van der Waals surface area contributed by atoms with Gasteiger partial charge in [-0.2, -0.15) is 0 Å². The number of hydrogen-bond acceptors (Lipinski definition) is 1. The summed E-state index contributed by atoms with van der Waals surface area (Å²) in [4.78, 5) is 11.0. The first-order chi connectivity index (χ1) is 8.75. The lowest BCUT2D eigenvalue weighted by Gasteiger charge is -2.12. The summed E-state index contributed by atoms with van der Waals surface area (Å²) in [5.74, 6) is 6.72. The predicted octanol–water partition coefficient (Wildman–Crippen LogP) is 2.91. The van der Waals surface area contributed by atoms with Crippen LogP contribution in [0.15, 0.2) is 24.3 Å². The normalized spacial score (nSPS) is 19.2. The van der Waals surface area contributed by atoms with Gasteiger partial charge < -0.3 is 5.73 Å². The summed E-state index contributed by atoms with van der Waals surface area (Å²) >= 11 is 0. The van der Waals surface area contributed by atoms with Gasteiger partial charge in [0, 0.05) is 17.9 Å². The monoisotopic (exact) mass is 241 g/mol. The fraction of sp³-hybridized carbons (Fsp3) is 0.438. The number of benzene rings is 1. The van der Waals surface area contributed by atoms with Crippen molar-refractivity contribution >= 4 is 5.91 Å². The summed E-state index contributed by atoms with van der Waals surface area (Å²) in [5, 5.41) is 0. The van der Waals surface area contributed by atoms with Gasteiger partial charge in [0.2, 0.25) is 5.91 Å². The van der Waals surface area contributed by atoms with E-state index in [0.717, 1.165) is 12.8 Å². The van der Waals surface area contributed by atoms with Crippen molar-refractivity contribution in [3.63, 3.8) is 0 Å². The predicted molar refractivity (Wildman–Crippen MR) is 73.0 cm³/mol. The summed E-state index contributed by atoms with van der Waals surface area (Å²) in [7, 11) is 0. The second kappa shape index (κ2) is 6.26. The molecule has 18 heavy (non-hydrogen) atoms. The van der Waals surface area contributed by atoms with E-state index in [1.807, 2.05) is 12.1 Å². The summed E-state index contributed by atoms with van der Waals surface area (Å²) in [6, 6.07) is 7.57. The van der Waals surface area contributed by atoms with Gasteiger partial charge in [-0.25, -0.2) is 0 Å². The highest BCUT2D eigenvalue weighted by Crippen LogP contribution is 2.18. The minimum absolute atomic E-state index is 0.368. The molecule has 0 radical (unpaired) electrons. The minimum atomic E-state index is -0.368. The van der Waals surface area contributed by atoms with Crippen molar-refractivity contribution in [2.45, 2.75) is 38.5 Å². The standard InChI is InChI=1S/C16H19NO/c17-16(18)15-10-8-14(9-11-15)12-13-6-4-2-1-3-5-7-13/h8-11,13H,1-4,6,12H2,(H2,17,18). The van der Waals surface area contributed by atoms with Gasteiger partial charge in [0.05, 0.1) is 0 Å². The third-order valence-corrected chi connectivity index (χ3v) is 3.38. The molecular weight excluding hydrogens is 222 g/mol. The van der Waals surface area contributed by atoms with Crippen LogP contribution in [-0.4, -0.2) is 5.91 Å². The number of carbonyl (C=O) groups is 1. The van der Waals surface area contributed by atoms with E-state index in [1.165, 1.54) is 31.2 Å². The Morgan fingerprint density at radius 2 is 2.00 bits per heavy atom. The number of nitrogens with two attached hydrogens (primary N) is 1. The van der Waals surface area contributed by atoms with E-state index in [4.69, 9.17) is 5.73 Å². The molecule has 0 spiro atoms. The lowest BCUT2D eigenvalue weighted by molar-refractivity contribution is 0.100. The number of hydrogen-bond donors (Lipinski definition) is 1. The van der Waals surface area contributed by atoms with Crippen LogP contribution in [0.1, 0.15) is 48.0 Å². The summed E-state index contributed by atoms with van der Waals surface area (Å²) in [6.07, 6.45) is 7.02. The van der Waals surface area contributed by atoms with Crippen LogP contribution in [0.2, 0.25) is 0 Å². The van der Waals surface area contributed by atoms with Crippen molar-refractivity contribution in [2.75, 3.05) is 0 Å². The Kier molecular flexibility index (Phi) is 4.41. The van der Waals surface area contributed by atoms with E-state index in [2.05, 4.69) is 11.8 Å². The van der Waals surface area contributed by atoms with Gasteiger partial charge in [-0.1, -0.05) is 30.9 Å². The van der Waals surface area contributed by atoms with Crippen LogP contribution in [0.3, 0.4) is 0 Å². The number of rotatable bonds is 3. The topological polar surface area (TPSA) is 43.1 Å². The van der Waals surface area contributed by atoms with Crippen LogP contribution >= 0.6 is 0 Å². The summed E-state index contributed by atoms with van der Waals surface area (Å²) < 4.78 is 0.